The highest BCUT2D eigenvalue weighted by molar-refractivity contribution is 7.98. The van der Waals surface area contributed by atoms with Gasteiger partial charge in [-0.1, -0.05) is 48.3 Å². The lowest BCUT2D eigenvalue weighted by atomic mass is 10.1. The first-order valence-corrected chi connectivity index (χ1v) is 10.8. The molecule has 1 aromatic heterocycles. The van der Waals surface area contributed by atoms with Crippen molar-refractivity contribution in [2.45, 2.75) is 49.1 Å². The molecule has 2 heterocycles. The Labute approximate surface area is 172 Å². The average molecular weight is 420 g/mol. The second kappa shape index (κ2) is 8.53. The monoisotopic (exact) mass is 419 g/mol. The van der Waals surface area contributed by atoms with E-state index in [-0.39, 0.29) is 24.2 Å². The van der Waals surface area contributed by atoms with E-state index in [1.807, 2.05) is 29.2 Å². The van der Waals surface area contributed by atoms with Crippen LogP contribution in [0.15, 0.2) is 29.4 Å². The van der Waals surface area contributed by atoms with Crippen LogP contribution in [0.3, 0.4) is 0 Å². The highest BCUT2D eigenvalue weighted by Crippen LogP contribution is 2.30. The van der Waals surface area contributed by atoms with Gasteiger partial charge in [0, 0.05) is 29.8 Å². The molecule has 1 saturated carbocycles. The minimum Gasteiger partial charge on any atom is -0.339 e. The average Bonchev–Trinajstić information content (AvgIpc) is 3.42. The number of hydrogen-bond donors (Lipinski definition) is 2. The minimum atomic E-state index is -0.330. The molecule has 2 aliphatic rings. The molecule has 1 saturated heterocycles. The molecular weight excluding hydrogens is 398 g/mol. The maximum absolute atomic E-state index is 12.5. The molecule has 7 nitrogen and oxygen atoms in total. The standard InChI is InChI=1S/C19H22ClN5O2S/c20-14-7-5-12(6-8-14)11-28-19-22-18(23-24-19)21-17(27)13-9-16(26)25(10-13)15-3-1-2-4-15/h5-8,13,15H,1-4,9-11H2,(H2,21,22,23,24,27)/t13-/m1/s1. The number of aromatic amines is 1. The van der Waals surface area contributed by atoms with E-state index in [1.165, 1.54) is 24.6 Å². The topological polar surface area (TPSA) is 91.0 Å². The van der Waals surface area contributed by atoms with E-state index in [4.69, 9.17) is 11.6 Å². The molecule has 0 spiro atoms. The van der Waals surface area contributed by atoms with Crippen LogP contribution >= 0.6 is 23.4 Å². The van der Waals surface area contributed by atoms with E-state index >= 15 is 0 Å². The summed E-state index contributed by atoms with van der Waals surface area (Å²) in [6.07, 6.45) is 4.71. The molecule has 2 N–H and O–H groups in total. The van der Waals surface area contributed by atoms with Crippen molar-refractivity contribution in [2.75, 3.05) is 11.9 Å². The van der Waals surface area contributed by atoms with Crippen molar-refractivity contribution >= 4 is 41.1 Å². The van der Waals surface area contributed by atoms with Gasteiger partial charge >= 0.3 is 0 Å². The Morgan fingerprint density at radius 3 is 2.79 bits per heavy atom. The maximum Gasteiger partial charge on any atom is 0.232 e. The molecule has 1 aliphatic heterocycles. The van der Waals surface area contributed by atoms with E-state index in [0.717, 1.165) is 18.4 Å². The summed E-state index contributed by atoms with van der Waals surface area (Å²) in [5.41, 5.74) is 1.11. The summed E-state index contributed by atoms with van der Waals surface area (Å²) in [7, 11) is 0. The van der Waals surface area contributed by atoms with Crippen LogP contribution in [0.1, 0.15) is 37.7 Å². The van der Waals surface area contributed by atoms with Gasteiger partial charge in [0.15, 0.2) is 0 Å². The molecule has 0 bridgehead atoms. The first-order valence-electron chi connectivity index (χ1n) is 9.48. The van der Waals surface area contributed by atoms with Gasteiger partial charge < -0.3 is 4.90 Å². The van der Waals surface area contributed by atoms with Crippen molar-refractivity contribution in [1.29, 1.82) is 0 Å². The Balaban J connectivity index is 1.29. The number of H-pyrrole nitrogens is 1. The quantitative estimate of drug-likeness (QED) is 0.699. The molecule has 28 heavy (non-hydrogen) atoms. The zero-order valence-corrected chi connectivity index (χ0v) is 16.9. The van der Waals surface area contributed by atoms with E-state index < -0.39 is 0 Å². The van der Waals surface area contributed by atoms with Crippen molar-refractivity contribution in [3.05, 3.63) is 34.9 Å². The van der Waals surface area contributed by atoms with Gasteiger partial charge in [0.05, 0.1) is 5.92 Å². The lowest BCUT2D eigenvalue weighted by molar-refractivity contribution is -0.129. The fraction of sp³-hybridized carbons (Fsp3) is 0.474. The summed E-state index contributed by atoms with van der Waals surface area (Å²) in [6, 6.07) is 7.92. The van der Waals surface area contributed by atoms with E-state index in [9.17, 15) is 9.59 Å². The van der Waals surface area contributed by atoms with Crippen LogP contribution in [0, 0.1) is 5.92 Å². The minimum absolute atomic E-state index is 0.0869. The number of carbonyl (C=O) groups is 2. The molecule has 2 aromatic rings. The normalized spacial score (nSPS) is 20.1. The Morgan fingerprint density at radius 2 is 2.04 bits per heavy atom. The molecule has 0 unspecified atom stereocenters. The van der Waals surface area contributed by atoms with Crippen molar-refractivity contribution < 1.29 is 9.59 Å². The summed E-state index contributed by atoms with van der Waals surface area (Å²) in [5, 5.41) is 10.9. The third-order valence-electron chi connectivity index (χ3n) is 5.28. The summed E-state index contributed by atoms with van der Waals surface area (Å²) >= 11 is 7.36. The molecule has 1 atom stereocenters. The molecule has 1 aliphatic carbocycles. The number of benzene rings is 1. The van der Waals surface area contributed by atoms with Gasteiger partial charge in [-0.2, -0.15) is 4.98 Å². The number of anilines is 1. The van der Waals surface area contributed by atoms with E-state index in [2.05, 4.69) is 20.5 Å². The number of nitrogens with zero attached hydrogens (tertiary/aromatic N) is 3. The predicted octanol–water partition coefficient (Wildman–Crippen LogP) is 3.48. The van der Waals surface area contributed by atoms with Crippen molar-refractivity contribution in [1.82, 2.24) is 20.1 Å². The number of halogens is 1. The largest absolute Gasteiger partial charge is 0.339 e. The molecule has 148 valence electrons. The number of nitrogens with one attached hydrogen (secondary N) is 2. The number of amides is 2. The number of hydrogen-bond acceptors (Lipinski definition) is 5. The fourth-order valence-electron chi connectivity index (χ4n) is 3.79. The molecular formula is C19H22ClN5O2S. The molecule has 1 aromatic carbocycles. The number of thioether (sulfide) groups is 1. The summed E-state index contributed by atoms with van der Waals surface area (Å²) in [6.45, 7) is 0.502. The first kappa shape index (κ1) is 19.3. The van der Waals surface area contributed by atoms with Crippen LogP contribution in [-0.2, 0) is 15.3 Å². The van der Waals surface area contributed by atoms with Gasteiger partial charge in [-0.05, 0) is 30.5 Å². The van der Waals surface area contributed by atoms with Crippen LogP contribution in [-0.4, -0.2) is 44.5 Å². The van der Waals surface area contributed by atoms with Crippen molar-refractivity contribution in [3.8, 4) is 0 Å². The highest BCUT2D eigenvalue weighted by Gasteiger charge is 2.38. The van der Waals surface area contributed by atoms with E-state index in [0.29, 0.717) is 34.5 Å². The summed E-state index contributed by atoms with van der Waals surface area (Å²) in [5.74, 6) is 0.595. The Hall–Kier alpha value is -2.06. The Kier molecular flexibility index (Phi) is 5.87. The van der Waals surface area contributed by atoms with Crippen LogP contribution in [0.5, 0.6) is 0 Å². The smallest absolute Gasteiger partial charge is 0.232 e. The number of carbonyl (C=O) groups excluding carboxylic acids is 2. The van der Waals surface area contributed by atoms with Gasteiger partial charge in [0.1, 0.15) is 0 Å². The fourth-order valence-corrected chi connectivity index (χ4v) is 4.67. The molecule has 9 heteroatoms. The number of rotatable bonds is 6. The van der Waals surface area contributed by atoms with Crippen LogP contribution in [0.2, 0.25) is 5.02 Å². The summed E-state index contributed by atoms with van der Waals surface area (Å²) in [4.78, 5) is 31.0. The van der Waals surface area contributed by atoms with Gasteiger partial charge in [-0.15, -0.1) is 5.10 Å². The lowest BCUT2D eigenvalue weighted by Crippen LogP contribution is -2.35. The van der Waals surface area contributed by atoms with Crippen molar-refractivity contribution in [3.63, 3.8) is 0 Å². The molecule has 2 amide bonds. The first-order chi connectivity index (χ1) is 13.6. The summed E-state index contributed by atoms with van der Waals surface area (Å²) < 4.78 is 0. The third kappa shape index (κ3) is 4.50. The number of aromatic nitrogens is 3. The van der Waals surface area contributed by atoms with Crippen LogP contribution < -0.4 is 5.32 Å². The Morgan fingerprint density at radius 1 is 1.29 bits per heavy atom. The predicted molar refractivity (Wildman–Crippen MR) is 108 cm³/mol. The van der Waals surface area contributed by atoms with Gasteiger partial charge in [0.25, 0.3) is 0 Å². The van der Waals surface area contributed by atoms with Crippen LogP contribution in [0.4, 0.5) is 5.95 Å². The third-order valence-corrected chi connectivity index (χ3v) is 6.45. The maximum atomic E-state index is 12.5. The molecule has 2 fully saturated rings. The zero-order valence-electron chi connectivity index (χ0n) is 15.4. The van der Waals surface area contributed by atoms with Crippen molar-refractivity contribution in [2.24, 2.45) is 5.92 Å². The van der Waals surface area contributed by atoms with E-state index in [1.54, 1.807) is 0 Å². The second-order valence-corrected chi connectivity index (χ2v) is 8.64. The van der Waals surface area contributed by atoms with Gasteiger partial charge in [-0.25, -0.2) is 5.10 Å². The van der Waals surface area contributed by atoms with Gasteiger partial charge in [0.2, 0.25) is 22.9 Å². The highest BCUT2D eigenvalue weighted by atomic mass is 35.5. The second-order valence-electron chi connectivity index (χ2n) is 7.26. The Bertz CT molecular complexity index is 850. The lowest BCUT2D eigenvalue weighted by Gasteiger charge is -2.23. The zero-order chi connectivity index (χ0) is 19.5. The molecule has 0 radical (unpaired) electrons. The SMILES string of the molecule is O=C(Nc1nc(SCc2ccc(Cl)cc2)n[nH]1)[C@@H]1CC(=O)N(C2CCCC2)C1. The number of likely N-dealkylation sites (tertiary alicyclic amines) is 1. The van der Waals surface area contributed by atoms with Crippen LogP contribution in [0.25, 0.3) is 0 Å². The van der Waals surface area contributed by atoms with Gasteiger partial charge in [-0.3, -0.25) is 14.9 Å². The molecule has 4 rings (SSSR count).